The molecule has 1 amide bonds. The van der Waals surface area contributed by atoms with Gasteiger partial charge in [-0.2, -0.15) is 0 Å². The van der Waals surface area contributed by atoms with Crippen molar-refractivity contribution in [3.8, 4) is 0 Å². The number of nitrogens with one attached hydrogen (secondary N) is 2. The van der Waals surface area contributed by atoms with Crippen LogP contribution < -0.4 is 10.6 Å². The molecule has 0 aliphatic carbocycles. The Hall–Kier alpha value is -1.70. The number of carbonyl (C=O) groups is 1. The summed E-state index contributed by atoms with van der Waals surface area (Å²) in [5.74, 6) is -0.147. The molecule has 6 nitrogen and oxygen atoms in total. The lowest BCUT2D eigenvalue weighted by molar-refractivity contribution is -0.384. The van der Waals surface area contributed by atoms with Crippen LogP contribution >= 0.6 is 23.7 Å². The minimum absolute atomic E-state index is 0. The van der Waals surface area contributed by atoms with Crippen molar-refractivity contribution in [2.45, 2.75) is 6.92 Å². The molecular weight excluding hydrogens is 314 g/mol. The predicted molar refractivity (Wildman–Crippen MR) is 86.6 cm³/mol. The maximum absolute atomic E-state index is 11.9. The lowest BCUT2D eigenvalue weighted by atomic mass is 10.2. The van der Waals surface area contributed by atoms with Gasteiger partial charge < -0.3 is 10.6 Å². The Morgan fingerprint density at radius 3 is 2.76 bits per heavy atom. The molecule has 0 saturated heterocycles. The number of rotatable bonds is 6. The SMILES string of the molecule is CCNCCNC(=O)c1cc2cc([N+](=O)[O-])ccc2s1.Cl. The standard InChI is InChI=1S/C13H15N3O3S.ClH/c1-2-14-5-6-15-13(17)12-8-9-7-10(16(18)19)3-4-11(9)20-12;/h3-4,7-8,14H,2,5-6H2,1H3,(H,15,17);1H. The highest BCUT2D eigenvalue weighted by Gasteiger charge is 2.12. The molecule has 0 bridgehead atoms. The van der Waals surface area contributed by atoms with E-state index in [0.717, 1.165) is 23.2 Å². The summed E-state index contributed by atoms with van der Waals surface area (Å²) < 4.78 is 0.868. The van der Waals surface area contributed by atoms with E-state index in [0.29, 0.717) is 11.4 Å². The molecule has 0 fully saturated rings. The van der Waals surface area contributed by atoms with E-state index in [1.165, 1.54) is 23.5 Å². The Morgan fingerprint density at radius 2 is 2.10 bits per heavy atom. The zero-order chi connectivity index (χ0) is 14.5. The number of nitrogens with zero attached hydrogens (tertiary/aromatic N) is 1. The summed E-state index contributed by atoms with van der Waals surface area (Å²) in [5, 5.41) is 17.4. The van der Waals surface area contributed by atoms with Crippen molar-refractivity contribution in [3.63, 3.8) is 0 Å². The summed E-state index contributed by atoms with van der Waals surface area (Å²) >= 11 is 1.33. The molecule has 0 spiro atoms. The number of non-ortho nitro benzene ring substituents is 1. The molecule has 0 radical (unpaired) electrons. The van der Waals surface area contributed by atoms with Crippen LogP contribution in [0.3, 0.4) is 0 Å². The van der Waals surface area contributed by atoms with Gasteiger partial charge in [-0.3, -0.25) is 14.9 Å². The number of thiophene rings is 1. The van der Waals surface area contributed by atoms with Crippen LogP contribution in [0.5, 0.6) is 0 Å². The number of amides is 1. The van der Waals surface area contributed by atoms with Crippen LogP contribution in [0.1, 0.15) is 16.6 Å². The molecule has 1 heterocycles. The smallest absolute Gasteiger partial charge is 0.270 e. The van der Waals surface area contributed by atoms with Gasteiger partial charge in [-0.1, -0.05) is 6.92 Å². The van der Waals surface area contributed by atoms with Gasteiger partial charge in [-0.05, 0) is 18.7 Å². The number of nitro benzene ring substituents is 1. The number of fused-ring (bicyclic) bond motifs is 1. The highest BCUT2D eigenvalue weighted by molar-refractivity contribution is 7.20. The monoisotopic (exact) mass is 329 g/mol. The molecule has 2 aromatic rings. The van der Waals surface area contributed by atoms with Crippen molar-refractivity contribution in [1.82, 2.24) is 10.6 Å². The lowest BCUT2D eigenvalue weighted by Gasteiger charge is -2.03. The number of halogens is 1. The van der Waals surface area contributed by atoms with E-state index in [4.69, 9.17) is 0 Å². The molecule has 0 unspecified atom stereocenters. The van der Waals surface area contributed by atoms with Gasteiger partial charge in [0.25, 0.3) is 11.6 Å². The summed E-state index contributed by atoms with van der Waals surface area (Å²) in [6.07, 6.45) is 0. The first-order valence-electron chi connectivity index (χ1n) is 6.28. The molecular formula is C13H16ClN3O3S. The molecule has 2 rings (SSSR count). The molecule has 0 atom stereocenters. The van der Waals surface area contributed by atoms with Crippen molar-refractivity contribution < 1.29 is 9.72 Å². The van der Waals surface area contributed by atoms with Crippen LogP contribution in [0.4, 0.5) is 5.69 Å². The third kappa shape index (κ3) is 4.38. The summed E-state index contributed by atoms with van der Waals surface area (Å²) in [7, 11) is 0. The summed E-state index contributed by atoms with van der Waals surface area (Å²) in [4.78, 5) is 22.8. The summed E-state index contributed by atoms with van der Waals surface area (Å²) in [5.41, 5.74) is 0.0365. The molecule has 0 aliphatic rings. The maximum atomic E-state index is 11.9. The van der Waals surface area contributed by atoms with Gasteiger partial charge in [-0.15, -0.1) is 23.7 Å². The van der Waals surface area contributed by atoms with Gasteiger partial charge in [0, 0.05) is 35.3 Å². The topological polar surface area (TPSA) is 84.3 Å². The average molecular weight is 330 g/mol. The fraction of sp³-hybridized carbons (Fsp3) is 0.308. The van der Waals surface area contributed by atoms with E-state index in [2.05, 4.69) is 10.6 Å². The van der Waals surface area contributed by atoms with Crippen LogP contribution in [0.25, 0.3) is 10.1 Å². The number of carbonyl (C=O) groups excluding carboxylic acids is 1. The molecule has 2 N–H and O–H groups in total. The van der Waals surface area contributed by atoms with Crippen molar-refractivity contribution in [3.05, 3.63) is 39.3 Å². The van der Waals surface area contributed by atoms with E-state index in [1.807, 2.05) is 6.92 Å². The summed E-state index contributed by atoms with van der Waals surface area (Å²) in [6, 6.07) is 6.30. The molecule has 1 aromatic carbocycles. The number of likely N-dealkylation sites (N-methyl/N-ethyl adjacent to an activating group) is 1. The molecule has 114 valence electrons. The average Bonchev–Trinajstić information content (AvgIpc) is 2.86. The van der Waals surface area contributed by atoms with Crippen LogP contribution in [0, 0.1) is 10.1 Å². The first kappa shape index (κ1) is 17.4. The third-order valence-corrected chi connectivity index (χ3v) is 3.89. The molecule has 0 saturated carbocycles. The molecule has 0 aliphatic heterocycles. The number of benzene rings is 1. The second-order valence-electron chi connectivity index (χ2n) is 4.20. The quantitative estimate of drug-likeness (QED) is 0.484. The van der Waals surface area contributed by atoms with Crippen molar-refractivity contribution >= 4 is 45.4 Å². The Morgan fingerprint density at radius 1 is 1.33 bits per heavy atom. The van der Waals surface area contributed by atoms with E-state index in [1.54, 1.807) is 12.1 Å². The van der Waals surface area contributed by atoms with Gasteiger partial charge >= 0.3 is 0 Å². The Kier molecular flexibility index (Phi) is 6.54. The predicted octanol–water partition coefficient (Wildman–Crippen LogP) is 2.57. The van der Waals surface area contributed by atoms with Gasteiger partial charge in [-0.25, -0.2) is 0 Å². The number of hydrogen-bond acceptors (Lipinski definition) is 5. The zero-order valence-electron chi connectivity index (χ0n) is 11.4. The Balaban J connectivity index is 0.00000220. The fourth-order valence-corrected chi connectivity index (χ4v) is 2.74. The first-order chi connectivity index (χ1) is 9.61. The largest absolute Gasteiger partial charge is 0.350 e. The van der Waals surface area contributed by atoms with Crippen LogP contribution in [0.2, 0.25) is 0 Å². The van der Waals surface area contributed by atoms with Gasteiger partial charge in [0.15, 0.2) is 0 Å². The molecule has 8 heteroatoms. The Bertz CT molecular complexity index is 645. The number of hydrogen-bond donors (Lipinski definition) is 2. The Labute approximate surface area is 132 Å². The van der Waals surface area contributed by atoms with Crippen molar-refractivity contribution in [1.29, 1.82) is 0 Å². The second kappa shape index (κ2) is 7.92. The van der Waals surface area contributed by atoms with Crippen molar-refractivity contribution in [2.75, 3.05) is 19.6 Å². The second-order valence-corrected chi connectivity index (χ2v) is 5.28. The van der Waals surface area contributed by atoms with E-state index in [9.17, 15) is 14.9 Å². The summed E-state index contributed by atoms with van der Waals surface area (Å²) in [6.45, 7) is 4.14. The highest BCUT2D eigenvalue weighted by atomic mass is 35.5. The first-order valence-corrected chi connectivity index (χ1v) is 7.10. The van der Waals surface area contributed by atoms with Crippen LogP contribution in [-0.2, 0) is 0 Å². The van der Waals surface area contributed by atoms with Crippen LogP contribution in [0.15, 0.2) is 24.3 Å². The van der Waals surface area contributed by atoms with E-state index < -0.39 is 4.92 Å². The molecule has 1 aromatic heterocycles. The lowest BCUT2D eigenvalue weighted by Crippen LogP contribution is -2.31. The van der Waals surface area contributed by atoms with Gasteiger partial charge in [0.2, 0.25) is 0 Å². The van der Waals surface area contributed by atoms with E-state index in [-0.39, 0.29) is 24.0 Å². The fourth-order valence-electron chi connectivity index (χ4n) is 1.78. The van der Waals surface area contributed by atoms with Crippen LogP contribution in [-0.4, -0.2) is 30.5 Å². The van der Waals surface area contributed by atoms with E-state index >= 15 is 0 Å². The molecule has 21 heavy (non-hydrogen) atoms. The normalized spacial score (nSPS) is 10.1. The minimum atomic E-state index is -0.437. The van der Waals surface area contributed by atoms with Crippen molar-refractivity contribution in [2.24, 2.45) is 0 Å². The van der Waals surface area contributed by atoms with Gasteiger partial charge in [0.1, 0.15) is 0 Å². The maximum Gasteiger partial charge on any atom is 0.270 e. The zero-order valence-corrected chi connectivity index (χ0v) is 13.1. The minimum Gasteiger partial charge on any atom is -0.350 e. The number of nitro groups is 1. The van der Waals surface area contributed by atoms with Gasteiger partial charge in [0.05, 0.1) is 9.80 Å². The third-order valence-electron chi connectivity index (χ3n) is 2.77. The highest BCUT2D eigenvalue weighted by Crippen LogP contribution is 2.28.